The minimum absolute atomic E-state index is 0.0183. The Hall–Kier alpha value is -1.07. The molecule has 1 aliphatic rings. The molecule has 3 atom stereocenters. The molecule has 0 saturated carbocycles. The van der Waals surface area contributed by atoms with Gasteiger partial charge in [0.15, 0.2) is 0 Å². The molecule has 5 heteroatoms. The highest BCUT2D eigenvalue weighted by Crippen LogP contribution is 2.12. The summed E-state index contributed by atoms with van der Waals surface area (Å²) in [4.78, 5) is 14.0. The van der Waals surface area contributed by atoms with Crippen LogP contribution in [0.25, 0.3) is 0 Å². The van der Waals surface area contributed by atoms with Gasteiger partial charge in [0.2, 0.25) is 0 Å². The second-order valence-corrected chi connectivity index (χ2v) is 6.13. The SMILES string of the molecule is C[C@H](Cc1ccsc1)NC(=O)N1C[C@@H](C)O[C@H](C)C1. The Balaban J connectivity index is 1.82. The summed E-state index contributed by atoms with van der Waals surface area (Å²) in [5, 5.41) is 7.26. The van der Waals surface area contributed by atoms with Crippen molar-refractivity contribution < 1.29 is 9.53 Å². The summed E-state index contributed by atoms with van der Waals surface area (Å²) in [6.07, 6.45) is 1.10. The minimum Gasteiger partial charge on any atom is -0.372 e. The second kappa shape index (κ2) is 6.39. The van der Waals surface area contributed by atoms with Crippen LogP contribution in [0.2, 0.25) is 0 Å². The summed E-state index contributed by atoms with van der Waals surface area (Å²) in [7, 11) is 0. The van der Waals surface area contributed by atoms with Gasteiger partial charge >= 0.3 is 6.03 Å². The lowest BCUT2D eigenvalue weighted by atomic mass is 10.1. The van der Waals surface area contributed by atoms with Gasteiger partial charge in [0.1, 0.15) is 0 Å². The van der Waals surface area contributed by atoms with E-state index >= 15 is 0 Å². The summed E-state index contributed by atoms with van der Waals surface area (Å²) in [6, 6.07) is 2.27. The van der Waals surface area contributed by atoms with Gasteiger partial charge in [0.05, 0.1) is 12.2 Å². The molecule has 1 aromatic heterocycles. The maximum atomic E-state index is 12.2. The van der Waals surface area contributed by atoms with Crippen LogP contribution in [0.3, 0.4) is 0 Å². The smallest absolute Gasteiger partial charge is 0.317 e. The number of hydrogen-bond acceptors (Lipinski definition) is 3. The molecule has 0 radical (unpaired) electrons. The molecular weight excluding hydrogens is 260 g/mol. The molecule has 0 aromatic carbocycles. The van der Waals surface area contributed by atoms with E-state index in [1.54, 1.807) is 11.3 Å². The molecule has 0 aliphatic carbocycles. The lowest BCUT2D eigenvalue weighted by Crippen LogP contribution is -2.53. The standard InChI is InChI=1S/C14H22N2O2S/c1-10(6-13-4-5-19-9-13)15-14(17)16-7-11(2)18-12(3)8-16/h4-5,9-12H,6-8H2,1-3H3,(H,15,17)/t10-,11-,12-/m1/s1. The van der Waals surface area contributed by atoms with Gasteiger partial charge in [0, 0.05) is 19.1 Å². The van der Waals surface area contributed by atoms with Gasteiger partial charge in [-0.05, 0) is 49.6 Å². The summed E-state index contributed by atoms with van der Waals surface area (Å²) in [5.74, 6) is 0. The van der Waals surface area contributed by atoms with Crippen molar-refractivity contribution in [3.8, 4) is 0 Å². The average molecular weight is 282 g/mol. The first-order valence-electron chi connectivity index (χ1n) is 6.76. The molecule has 4 nitrogen and oxygen atoms in total. The highest BCUT2D eigenvalue weighted by Gasteiger charge is 2.26. The van der Waals surface area contributed by atoms with E-state index in [-0.39, 0.29) is 24.3 Å². The number of hydrogen-bond donors (Lipinski definition) is 1. The number of morpholine rings is 1. The van der Waals surface area contributed by atoms with Gasteiger partial charge < -0.3 is 15.0 Å². The molecule has 1 aliphatic heterocycles. The molecule has 2 rings (SSSR count). The van der Waals surface area contributed by atoms with Crippen LogP contribution in [0.1, 0.15) is 26.3 Å². The highest BCUT2D eigenvalue weighted by molar-refractivity contribution is 7.07. The summed E-state index contributed by atoms with van der Waals surface area (Å²) in [5.41, 5.74) is 1.28. The Morgan fingerprint density at radius 3 is 2.79 bits per heavy atom. The van der Waals surface area contributed by atoms with Crippen LogP contribution in [-0.2, 0) is 11.2 Å². The Morgan fingerprint density at radius 1 is 1.53 bits per heavy atom. The Morgan fingerprint density at radius 2 is 2.21 bits per heavy atom. The van der Waals surface area contributed by atoms with E-state index in [0.717, 1.165) is 6.42 Å². The van der Waals surface area contributed by atoms with Crippen LogP contribution in [0.4, 0.5) is 4.79 Å². The number of carbonyl (C=O) groups is 1. The molecule has 19 heavy (non-hydrogen) atoms. The second-order valence-electron chi connectivity index (χ2n) is 5.35. The molecule has 1 saturated heterocycles. The van der Waals surface area contributed by atoms with Crippen LogP contribution < -0.4 is 5.32 Å². The number of nitrogens with one attached hydrogen (secondary N) is 1. The van der Waals surface area contributed by atoms with E-state index < -0.39 is 0 Å². The molecule has 0 unspecified atom stereocenters. The number of ether oxygens (including phenoxy) is 1. The Kier molecular flexibility index (Phi) is 4.82. The predicted octanol–water partition coefficient (Wildman–Crippen LogP) is 2.50. The van der Waals surface area contributed by atoms with E-state index in [1.165, 1.54) is 5.56 Å². The molecule has 2 heterocycles. The van der Waals surface area contributed by atoms with E-state index in [0.29, 0.717) is 13.1 Å². The number of rotatable bonds is 3. The summed E-state index contributed by atoms with van der Waals surface area (Å²) >= 11 is 1.69. The van der Waals surface area contributed by atoms with E-state index in [9.17, 15) is 4.79 Å². The first kappa shape index (κ1) is 14.3. The van der Waals surface area contributed by atoms with Crippen molar-refractivity contribution in [1.82, 2.24) is 10.2 Å². The van der Waals surface area contributed by atoms with Crippen molar-refractivity contribution in [2.45, 2.75) is 45.4 Å². The maximum Gasteiger partial charge on any atom is 0.317 e. The quantitative estimate of drug-likeness (QED) is 0.925. The van der Waals surface area contributed by atoms with E-state index in [1.807, 2.05) is 25.7 Å². The third kappa shape index (κ3) is 4.21. The van der Waals surface area contributed by atoms with Gasteiger partial charge in [-0.2, -0.15) is 11.3 Å². The number of amides is 2. The zero-order chi connectivity index (χ0) is 13.8. The van der Waals surface area contributed by atoms with Gasteiger partial charge in [-0.15, -0.1) is 0 Å². The van der Waals surface area contributed by atoms with Crippen LogP contribution in [0.5, 0.6) is 0 Å². The van der Waals surface area contributed by atoms with Crippen molar-refractivity contribution in [3.63, 3.8) is 0 Å². The lowest BCUT2D eigenvalue weighted by molar-refractivity contribution is -0.0547. The van der Waals surface area contributed by atoms with Gasteiger partial charge in [-0.25, -0.2) is 4.79 Å². The first-order valence-corrected chi connectivity index (χ1v) is 7.71. The van der Waals surface area contributed by atoms with Crippen molar-refractivity contribution in [3.05, 3.63) is 22.4 Å². The highest BCUT2D eigenvalue weighted by atomic mass is 32.1. The monoisotopic (exact) mass is 282 g/mol. The predicted molar refractivity (Wildman–Crippen MR) is 77.6 cm³/mol. The summed E-state index contributed by atoms with van der Waals surface area (Å²) < 4.78 is 5.64. The molecule has 0 bridgehead atoms. The third-order valence-electron chi connectivity index (χ3n) is 3.20. The van der Waals surface area contributed by atoms with Crippen LogP contribution in [0, 0.1) is 0 Å². The molecule has 2 amide bonds. The Bertz CT molecular complexity index is 398. The van der Waals surface area contributed by atoms with Crippen LogP contribution >= 0.6 is 11.3 Å². The lowest BCUT2D eigenvalue weighted by Gasteiger charge is -2.35. The number of thiophene rings is 1. The normalized spacial score (nSPS) is 25.1. The number of urea groups is 1. The largest absolute Gasteiger partial charge is 0.372 e. The zero-order valence-corrected chi connectivity index (χ0v) is 12.6. The fourth-order valence-corrected chi connectivity index (χ4v) is 3.14. The molecule has 1 aromatic rings. The topological polar surface area (TPSA) is 41.6 Å². The van der Waals surface area contributed by atoms with Crippen molar-refractivity contribution in [1.29, 1.82) is 0 Å². The molecule has 1 N–H and O–H groups in total. The van der Waals surface area contributed by atoms with Crippen LogP contribution in [0.15, 0.2) is 16.8 Å². The molecule has 106 valence electrons. The minimum atomic E-state index is 0.0183. The molecule has 0 spiro atoms. The third-order valence-corrected chi connectivity index (χ3v) is 3.93. The maximum absolute atomic E-state index is 12.2. The van der Waals surface area contributed by atoms with Gasteiger partial charge in [-0.1, -0.05) is 0 Å². The fraction of sp³-hybridized carbons (Fsp3) is 0.643. The van der Waals surface area contributed by atoms with E-state index in [4.69, 9.17) is 4.74 Å². The van der Waals surface area contributed by atoms with Gasteiger partial charge in [-0.3, -0.25) is 0 Å². The average Bonchev–Trinajstić information content (AvgIpc) is 2.80. The molecule has 1 fully saturated rings. The number of carbonyl (C=O) groups excluding carboxylic acids is 1. The van der Waals surface area contributed by atoms with Crippen molar-refractivity contribution in [2.24, 2.45) is 0 Å². The number of nitrogens with zero attached hydrogens (tertiary/aromatic N) is 1. The van der Waals surface area contributed by atoms with Crippen molar-refractivity contribution in [2.75, 3.05) is 13.1 Å². The van der Waals surface area contributed by atoms with Gasteiger partial charge in [0.25, 0.3) is 0 Å². The Labute approximate surface area is 118 Å². The first-order chi connectivity index (χ1) is 9.04. The summed E-state index contributed by atoms with van der Waals surface area (Å²) in [6.45, 7) is 7.39. The fourth-order valence-electron chi connectivity index (χ4n) is 2.46. The van der Waals surface area contributed by atoms with Crippen molar-refractivity contribution >= 4 is 17.4 Å². The molecular formula is C14H22N2O2S. The van der Waals surface area contributed by atoms with Crippen LogP contribution in [-0.4, -0.2) is 42.3 Å². The zero-order valence-electron chi connectivity index (χ0n) is 11.8. The van der Waals surface area contributed by atoms with E-state index in [2.05, 4.69) is 22.1 Å².